The van der Waals surface area contributed by atoms with Gasteiger partial charge in [0.25, 0.3) is 0 Å². The van der Waals surface area contributed by atoms with Crippen LogP contribution in [0.25, 0.3) is 0 Å². The summed E-state index contributed by atoms with van der Waals surface area (Å²) in [4.78, 5) is 12.7. The van der Waals surface area contributed by atoms with Crippen molar-refractivity contribution in [1.29, 1.82) is 0 Å². The van der Waals surface area contributed by atoms with Crippen LogP contribution in [0.5, 0.6) is 0 Å². The summed E-state index contributed by atoms with van der Waals surface area (Å²) in [5.41, 5.74) is 3.56. The van der Waals surface area contributed by atoms with E-state index in [0.717, 1.165) is 22.9 Å². The van der Waals surface area contributed by atoms with Gasteiger partial charge in [-0.3, -0.25) is 9.10 Å². The molecule has 1 N–H and O–H groups in total. The molecule has 0 aliphatic rings. The molecule has 1 amide bonds. The first-order chi connectivity index (χ1) is 12.2. The zero-order valence-electron chi connectivity index (χ0n) is 15.7. The summed E-state index contributed by atoms with van der Waals surface area (Å²) in [7, 11) is -3.61. The van der Waals surface area contributed by atoms with Gasteiger partial charge in [-0.2, -0.15) is 0 Å². The van der Waals surface area contributed by atoms with Crippen molar-refractivity contribution in [2.24, 2.45) is 0 Å². The third kappa shape index (κ3) is 5.08. The minimum atomic E-state index is -3.61. The SMILES string of the molecule is CC[C@@H](C(=O)NCc1ccc(C)cc1)N(c1cccc(C)c1)S(C)(=O)=O. The lowest BCUT2D eigenvalue weighted by Gasteiger charge is -2.30. The number of anilines is 1. The molecule has 0 spiro atoms. The molecule has 0 bridgehead atoms. The second-order valence-corrected chi connectivity index (χ2v) is 8.38. The zero-order chi connectivity index (χ0) is 19.3. The van der Waals surface area contributed by atoms with E-state index >= 15 is 0 Å². The number of hydrogen-bond donors (Lipinski definition) is 1. The number of carbonyl (C=O) groups excluding carboxylic acids is 1. The summed E-state index contributed by atoms with van der Waals surface area (Å²) in [6, 6.07) is 14.2. The molecule has 26 heavy (non-hydrogen) atoms. The molecule has 0 unspecified atom stereocenters. The largest absolute Gasteiger partial charge is 0.350 e. The molecule has 2 aromatic carbocycles. The summed E-state index contributed by atoms with van der Waals surface area (Å²) in [5, 5.41) is 2.86. The van der Waals surface area contributed by atoms with Crippen LogP contribution in [0.2, 0.25) is 0 Å². The molecule has 6 heteroatoms. The van der Waals surface area contributed by atoms with E-state index in [4.69, 9.17) is 0 Å². The number of hydrogen-bond acceptors (Lipinski definition) is 3. The highest BCUT2D eigenvalue weighted by Gasteiger charge is 2.31. The monoisotopic (exact) mass is 374 g/mol. The lowest BCUT2D eigenvalue weighted by atomic mass is 10.1. The minimum Gasteiger partial charge on any atom is -0.350 e. The Bertz CT molecular complexity index is 861. The number of benzene rings is 2. The van der Waals surface area contributed by atoms with Crippen molar-refractivity contribution in [2.75, 3.05) is 10.6 Å². The molecule has 0 radical (unpaired) electrons. The van der Waals surface area contributed by atoms with Gasteiger partial charge in [0.15, 0.2) is 0 Å². The first-order valence-corrected chi connectivity index (χ1v) is 10.5. The fourth-order valence-corrected chi connectivity index (χ4v) is 4.04. The summed E-state index contributed by atoms with van der Waals surface area (Å²) in [6.45, 7) is 6.06. The van der Waals surface area contributed by atoms with Gasteiger partial charge in [0.1, 0.15) is 6.04 Å². The Morgan fingerprint density at radius 1 is 1.08 bits per heavy atom. The van der Waals surface area contributed by atoms with Crippen molar-refractivity contribution in [3.8, 4) is 0 Å². The highest BCUT2D eigenvalue weighted by atomic mass is 32.2. The predicted molar refractivity (Wildman–Crippen MR) is 106 cm³/mol. The van der Waals surface area contributed by atoms with E-state index in [9.17, 15) is 13.2 Å². The number of amides is 1. The second-order valence-electron chi connectivity index (χ2n) is 6.53. The Hall–Kier alpha value is -2.34. The van der Waals surface area contributed by atoms with Crippen LogP contribution in [0.3, 0.4) is 0 Å². The topological polar surface area (TPSA) is 66.5 Å². The summed E-state index contributed by atoms with van der Waals surface area (Å²) in [6.07, 6.45) is 1.51. The van der Waals surface area contributed by atoms with Gasteiger partial charge in [0, 0.05) is 6.54 Å². The maximum Gasteiger partial charge on any atom is 0.244 e. The molecule has 0 saturated carbocycles. The molecule has 0 fully saturated rings. The minimum absolute atomic E-state index is 0.306. The van der Waals surface area contributed by atoms with Gasteiger partial charge in [-0.05, 0) is 43.5 Å². The zero-order valence-corrected chi connectivity index (χ0v) is 16.5. The van der Waals surface area contributed by atoms with E-state index in [1.165, 1.54) is 4.31 Å². The van der Waals surface area contributed by atoms with Gasteiger partial charge in [-0.25, -0.2) is 8.42 Å². The maximum absolute atomic E-state index is 12.7. The Kier molecular flexibility index (Phi) is 6.42. The van der Waals surface area contributed by atoms with Crippen molar-refractivity contribution < 1.29 is 13.2 Å². The van der Waals surface area contributed by atoms with Gasteiger partial charge in [0.05, 0.1) is 11.9 Å². The molecule has 0 aromatic heterocycles. The molecule has 5 nitrogen and oxygen atoms in total. The smallest absolute Gasteiger partial charge is 0.244 e. The van der Waals surface area contributed by atoms with E-state index in [1.54, 1.807) is 18.2 Å². The quantitative estimate of drug-likeness (QED) is 0.809. The number of nitrogens with one attached hydrogen (secondary N) is 1. The number of nitrogens with zero attached hydrogens (tertiary/aromatic N) is 1. The van der Waals surface area contributed by atoms with E-state index < -0.39 is 16.1 Å². The number of carbonyl (C=O) groups is 1. The van der Waals surface area contributed by atoms with Crippen LogP contribution in [0.4, 0.5) is 5.69 Å². The fraction of sp³-hybridized carbons (Fsp3) is 0.350. The van der Waals surface area contributed by atoms with Crippen molar-refractivity contribution in [3.63, 3.8) is 0 Å². The Morgan fingerprint density at radius 2 is 1.73 bits per heavy atom. The lowest BCUT2D eigenvalue weighted by Crippen LogP contribution is -2.49. The molecule has 0 saturated heterocycles. The average Bonchev–Trinajstić information content (AvgIpc) is 2.57. The van der Waals surface area contributed by atoms with Gasteiger partial charge in [0.2, 0.25) is 15.9 Å². The molecule has 140 valence electrons. The van der Waals surface area contributed by atoms with Crippen LogP contribution in [0.15, 0.2) is 48.5 Å². The van der Waals surface area contributed by atoms with Crippen molar-refractivity contribution >= 4 is 21.6 Å². The number of aryl methyl sites for hydroxylation is 2. The first-order valence-electron chi connectivity index (χ1n) is 8.61. The third-order valence-corrected chi connectivity index (χ3v) is 5.35. The third-order valence-electron chi connectivity index (χ3n) is 4.17. The molecule has 2 rings (SSSR count). The highest BCUT2D eigenvalue weighted by molar-refractivity contribution is 7.92. The number of rotatable bonds is 7. The van der Waals surface area contributed by atoms with Crippen LogP contribution >= 0.6 is 0 Å². The number of sulfonamides is 1. The van der Waals surface area contributed by atoms with E-state index in [-0.39, 0.29) is 5.91 Å². The molecule has 2 aromatic rings. The molecular weight excluding hydrogens is 348 g/mol. The normalized spacial score (nSPS) is 12.5. The Morgan fingerprint density at radius 3 is 2.27 bits per heavy atom. The van der Waals surface area contributed by atoms with Crippen LogP contribution in [0.1, 0.15) is 30.0 Å². The average molecular weight is 375 g/mol. The Balaban J connectivity index is 2.23. The van der Waals surface area contributed by atoms with Crippen molar-refractivity contribution in [2.45, 2.75) is 39.8 Å². The van der Waals surface area contributed by atoms with E-state index in [1.807, 2.05) is 51.1 Å². The molecule has 1 atom stereocenters. The van der Waals surface area contributed by atoms with Gasteiger partial charge in [-0.15, -0.1) is 0 Å². The molecule has 0 heterocycles. The van der Waals surface area contributed by atoms with E-state index in [2.05, 4.69) is 5.32 Å². The van der Waals surface area contributed by atoms with Gasteiger partial charge < -0.3 is 5.32 Å². The first kappa shape index (κ1) is 20.0. The molecule has 0 aliphatic heterocycles. The van der Waals surface area contributed by atoms with Crippen molar-refractivity contribution in [3.05, 3.63) is 65.2 Å². The van der Waals surface area contributed by atoms with Crippen LogP contribution < -0.4 is 9.62 Å². The Labute approximate surface area is 156 Å². The summed E-state index contributed by atoms with van der Waals surface area (Å²) < 4.78 is 26.0. The predicted octanol–water partition coefficient (Wildman–Crippen LogP) is 3.16. The van der Waals surface area contributed by atoms with E-state index in [0.29, 0.717) is 18.7 Å². The van der Waals surface area contributed by atoms with Crippen molar-refractivity contribution in [1.82, 2.24) is 5.32 Å². The summed E-state index contributed by atoms with van der Waals surface area (Å²) in [5.74, 6) is -0.306. The van der Waals surface area contributed by atoms with Crippen LogP contribution in [-0.2, 0) is 21.4 Å². The molecule has 0 aliphatic carbocycles. The van der Waals surface area contributed by atoms with Crippen LogP contribution in [-0.4, -0.2) is 26.6 Å². The second kappa shape index (κ2) is 8.36. The van der Waals surface area contributed by atoms with Gasteiger partial charge in [-0.1, -0.05) is 48.9 Å². The summed E-state index contributed by atoms with van der Waals surface area (Å²) >= 11 is 0. The fourth-order valence-electron chi connectivity index (χ4n) is 2.84. The molecular formula is C20H26N2O3S. The lowest BCUT2D eigenvalue weighted by molar-refractivity contribution is -0.122. The van der Waals surface area contributed by atoms with Gasteiger partial charge >= 0.3 is 0 Å². The van der Waals surface area contributed by atoms with Crippen LogP contribution in [0, 0.1) is 13.8 Å². The maximum atomic E-state index is 12.7. The standard InChI is InChI=1S/C20H26N2O3S/c1-5-19(20(23)21-14-17-11-9-15(2)10-12-17)22(26(4,24)25)18-8-6-7-16(3)13-18/h6-13,19H,5,14H2,1-4H3,(H,21,23)/t19-/m0/s1. The highest BCUT2D eigenvalue weighted by Crippen LogP contribution is 2.23.